The van der Waals surface area contributed by atoms with Gasteiger partial charge in [-0.05, 0) is 30.9 Å². The first-order valence-corrected chi connectivity index (χ1v) is 9.56. The van der Waals surface area contributed by atoms with Crippen LogP contribution in [-0.4, -0.2) is 63.4 Å². The molecule has 0 spiro atoms. The van der Waals surface area contributed by atoms with Crippen LogP contribution in [0.5, 0.6) is 0 Å². The molecule has 0 radical (unpaired) electrons. The lowest BCUT2D eigenvalue weighted by Crippen LogP contribution is -2.43. The molecule has 2 aliphatic heterocycles. The number of nitrogens with one attached hydrogen (secondary N) is 1. The Morgan fingerprint density at radius 1 is 1.17 bits per heavy atom. The summed E-state index contributed by atoms with van der Waals surface area (Å²) in [4.78, 5) is 6.93. The van der Waals surface area contributed by atoms with Crippen molar-refractivity contribution in [3.05, 3.63) is 30.3 Å². The summed E-state index contributed by atoms with van der Waals surface area (Å²) in [6, 6.07) is 8.69. The number of guanidine groups is 1. The van der Waals surface area contributed by atoms with Crippen LogP contribution in [0.15, 0.2) is 40.2 Å². The Balaban J connectivity index is 1.52. The van der Waals surface area contributed by atoms with Gasteiger partial charge in [-0.15, -0.1) is 0 Å². The molecule has 1 fully saturated rings. The molecule has 3 rings (SSSR count). The van der Waals surface area contributed by atoms with E-state index in [0.29, 0.717) is 23.9 Å². The molecule has 7 heteroatoms. The van der Waals surface area contributed by atoms with Crippen molar-refractivity contribution in [1.82, 2.24) is 14.5 Å². The third-order valence-corrected chi connectivity index (χ3v) is 6.47. The van der Waals surface area contributed by atoms with Crippen LogP contribution in [0.3, 0.4) is 0 Å². The molecule has 1 N–H and O–H groups in total. The molecule has 0 aliphatic carbocycles. The van der Waals surface area contributed by atoms with Crippen molar-refractivity contribution in [3.8, 4) is 0 Å². The summed E-state index contributed by atoms with van der Waals surface area (Å²) in [6.45, 7) is 3.86. The Kier molecular flexibility index (Phi) is 4.87. The van der Waals surface area contributed by atoms with Crippen molar-refractivity contribution in [2.75, 3.05) is 39.8 Å². The van der Waals surface area contributed by atoms with Crippen molar-refractivity contribution in [2.45, 2.75) is 17.7 Å². The number of benzene rings is 1. The first-order chi connectivity index (χ1) is 11.1. The SMILES string of the molecule is CN1CCN=C1NCC1CCN(S(=O)(=O)c2ccccc2)CC1. The molecule has 0 saturated carbocycles. The molecule has 0 unspecified atom stereocenters. The summed E-state index contributed by atoms with van der Waals surface area (Å²) in [5.41, 5.74) is 0. The first-order valence-electron chi connectivity index (χ1n) is 8.12. The number of sulfonamides is 1. The number of rotatable bonds is 4. The highest BCUT2D eigenvalue weighted by molar-refractivity contribution is 7.89. The molecule has 126 valence electrons. The van der Waals surface area contributed by atoms with Gasteiger partial charge in [0.15, 0.2) is 5.96 Å². The number of piperidine rings is 1. The second kappa shape index (κ2) is 6.88. The molecule has 2 aliphatic rings. The van der Waals surface area contributed by atoms with Gasteiger partial charge in [-0.25, -0.2) is 8.42 Å². The van der Waals surface area contributed by atoms with Gasteiger partial charge in [0.1, 0.15) is 0 Å². The predicted octanol–water partition coefficient (Wildman–Crippen LogP) is 0.978. The highest BCUT2D eigenvalue weighted by atomic mass is 32.2. The minimum atomic E-state index is -3.34. The average Bonchev–Trinajstić information content (AvgIpc) is 2.99. The highest BCUT2D eigenvalue weighted by Crippen LogP contribution is 2.23. The second-order valence-electron chi connectivity index (χ2n) is 6.17. The van der Waals surface area contributed by atoms with Crippen LogP contribution < -0.4 is 5.32 Å². The maximum Gasteiger partial charge on any atom is 0.243 e. The summed E-state index contributed by atoms with van der Waals surface area (Å²) in [5.74, 6) is 1.46. The van der Waals surface area contributed by atoms with Crippen LogP contribution in [0, 0.1) is 5.92 Å². The molecule has 0 amide bonds. The lowest BCUT2D eigenvalue weighted by Gasteiger charge is -2.31. The number of aliphatic imine (C=N–C) groups is 1. The van der Waals surface area contributed by atoms with E-state index in [1.165, 1.54) is 0 Å². The minimum Gasteiger partial charge on any atom is -0.356 e. The fraction of sp³-hybridized carbons (Fsp3) is 0.562. The van der Waals surface area contributed by atoms with Gasteiger partial charge in [0.25, 0.3) is 0 Å². The fourth-order valence-electron chi connectivity index (χ4n) is 3.05. The van der Waals surface area contributed by atoms with Gasteiger partial charge in [0, 0.05) is 33.2 Å². The molecule has 0 bridgehead atoms. The molecule has 1 aromatic carbocycles. The Morgan fingerprint density at radius 3 is 2.48 bits per heavy atom. The van der Waals surface area contributed by atoms with Crippen LogP contribution in [-0.2, 0) is 10.0 Å². The van der Waals surface area contributed by atoms with Crippen molar-refractivity contribution in [2.24, 2.45) is 10.9 Å². The van der Waals surface area contributed by atoms with E-state index >= 15 is 0 Å². The summed E-state index contributed by atoms with van der Waals surface area (Å²) in [7, 11) is -1.31. The minimum absolute atomic E-state index is 0.388. The maximum absolute atomic E-state index is 12.6. The Labute approximate surface area is 138 Å². The summed E-state index contributed by atoms with van der Waals surface area (Å²) in [6.07, 6.45) is 1.77. The van der Waals surface area contributed by atoms with Gasteiger partial charge in [0.05, 0.1) is 11.4 Å². The molecule has 23 heavy (non-hydrogen) atoms. The Morgan fingerprint density at radius 2 is 1.87 bits per heavy atom. The van der Waals surface area contributed by atoms with Crippen LogP contribution in [0.2, 0.25) is 0 Å². The summed E-state index contributed by atoms with van der Waals surface area (Å²) >= 11 is 0. The molecule has 0 aromatic heterocycles. The van der Waals surface area contributed by atoms with Crippen LogP contribution in [0.25, 0.3) is 0 Å². The third kappa shape index (κ3) is 3.67. The molecule has 1 aromatic rings. The molecule has 1 saturated heterocycles. The summed E-state index contributed by atoms with van der Waals surface area (Å²) < 4.78 is 26.8. The molecule has 6 nitrogen and oxygen atoms in total. The lowest BCUT2D eigenvalue weighted by molar-refractivity contribution is 0.272. The van der Waals surface area contributed by atoms with E-state index in [-0.39, 0.29) is 0 Å². The first kappa shape index (κ1) is 16.3. The predicted molar refractivity (Wildman–Crippen MR) is 90.9 cm³/mol. The lowest BCUT2D eigenvalue weighted by atomic mass is 9.98. The van der Waals surface area contributed by atoms with E-state index in [0.717, 1.165) is 38.4 Å². The number of hydrogen-bond donors (Lipinski definition) is 1. The monoisotopic (exact) mass is 336 g/mol. The van der Waals surface area contributed by atoms with Crippen LogP contribution in [0.4, 0.5) is 0 Å². The zero-order valence-corrected chi connectivity index (χ0v) is 14.3. The van der Waals surface area contributed by atoms with Gasteiger partial charge in [-0.1, -0.05) is 18.2 Å². The van der Waals surface area contributed by atoms with E-state index in [1.54, 1.807) is 28.6 Å². The van der Waals surface area contributed by atoms with E-state index in [9.17, 15) is 8.42 Å². The third-order valence-electron chi connectivity index (χ3n) is 4.56. The Bertz CT molecular complexity index is 652. The van der Waals surface area contributed by atoms with Crippen molar-refractivity contribution in [1.29, 1.82) is 0 Å². The molecule has 2 heterocycles. The quantitative estimate of drug-likeness (QED) is 0.890. The van der Waals surface area contributed by atoms with E-state index in [1.807, 2.05) is 13.1 Å². The number of likely N-dealkylation sites (N-methyl/N-ethyl adjacent to an activating group) is 1. The van der Waals surface area contributed by atoms with Crippen molar-refractivity contribution < 1.29 is 8.42 Å². The van der Waals surface area contributed by atoms with E-state index < -0.39 is 10.0 Å². The van der Waals surface area contributed by atoms with Gasteiger partial charge < -0.3 is 10.2 Å². The summed E-state index contributed by atoms with van der Waals surface area (Å²) in [5, 5.41) is 3.39. The fourth-order valence-corrected chi connectivity index (χ4v) is 4.55. The smallest absolute Gasteiger partial charge is 0.243 e. The molecular formula is C16H24N4O2S. The van der Waals surface area contributed by atoms with Crippen LogP contribution >= 0.6 is 0 Å². The maximum atomic E-state index is 12.6. The topological polar surface area (TPSA) is 65.0 Å². The average molecular weight is 336 g/mol. The van der Waals surface area contributed by atoms with Crippen LogP contribution in [0.1, 0.15) is 12.8 Å². The standard InChI is InChI=1S/C16H24N4O2S/c1-19-12-9-17-16(19)18-13-14-7-10-20(11-8-14)23(21,22)15-5-3-2-4-6-15/h2-6,14H,7-13H2,1H3,(H,17,18). The number of nitrogens with zero attached hydrogens (tertiary/aromatic N) is 3. The van der Waals surface area contributed by atoms with Crippen molar-refractivity contribution >= 4 is 16.0 Å². The van der Waals surface area contributed by atoms with Gasteiger partial charge >= 0.3 is 0 Å². The molecule has 0 atom stereocenters. The highest BCUT2D eigenvalue weighted by Gasteiger charge is 2.29. The zero-order valence-electron chi connectivity index (χ0n) is 13.5. The second-order valence-corrected chi connectivity index (χ2v) is 8.11. The van der Waals surface area contributed by atoms with E-state index in [4.69, 9.17) is 0 Å². The normalized spacial score (nSPS) is 20.6. The number of hydrogen-bond acceptors (Lipinski definition) is 5. The largest absolute Gasteiger partial charge is 0.356 e. The van der Waals surface area contributed by atoms with E-state index in [2.05, 4.69) is 15.2 Å². The van der Waals surface area contributed by atoms with Gasteiger partial charge in [-0.3, -0.25) is 4.99 Å². The van der Waals surface area contributed by atoms with Crippen molar-refractivity contribution in [3.63, 3.8) is 0 Å². The zero-order chi connectivity index (χ0) is 16.3. The van der Waals surface area contributed by atoms with Gasteiger partial charge in [-0.2, -0.15) is 4.31 Å². The molecular weight excluding hydrogens is 312 g/mol. The van der Waals surface area contributed by atoms with Gasteiger partial charge in [0.2, 0.25) is 10.0 Å². The Hall–Kier alpha value is -1.60.